The fraction of sp³-hybridized carbons (Fsp3) is 0.391. The third-order valence-electron chi connectivity index (χ3n) is 6.28. The molecule has 1 aromatic carbocycles. The summed E-state index contributed by atoms with van der Waals surface area (Å²) in [6, 6.07) is 3.77. The molecular formula is C23H22N4O3S. The van der Waals surface area contributed by atoms with Gasteiger partial charge in [-0.1, -0.05) is 5.11 Å². The van der Waals surface area contributed by atoms with Crippen LogP contribution in [0, 0.1) is 0 Å². The fourth-order valence-corrected chi connectivity index (χ4v) is 5.83. The molecule has 31 heavy (non-hydrogen) atoms. The molecule has 1 saturated carbocycles. The second-order valence-electron chi connectivity index (χ2n) is 8.21. The number of carbonyl (C=O) groups excluding carboxylic acids is 1. The lowest BCUT2D eigenvalue weighted by atomic mass is 9.88. The van der Waals surface area contributed by atoms with Gasteiger partial charge in [0.1, 0.15) is 0 Å². The SMILES string of the molecule is COc1c(-c2csc3c2C(N=[N+]=[N-])CCC3)ccc2c(=O)c(C(C)=O)cn(C3CC3)c12. The van der Waals surface area contributed by atoms with Crippen LogP contribution in [0.1, 0.15) is 65.5 Å². The number of ketones is 1. The summed E-state index contributed by atoms with van der Waals surface area (Å²) in [5.74, 6) is 0.399. The van der Waals surface area contributed by atoms with Crippen LogP contribution in [0.15, 0.2) is 33.6 Å². The predicted molar refractivity (Wildman–Crippen MR) is 121 cm³/mol. The van der Waals surface area contributed by atoms with E-state index in [0.29, 0.717) is 11.1 Å². The number of thiophene rings is 1. The number of pyridine rings is 1. The molecule has 0 aliphatic heterocycles. The number of Topliss-reactive ketones (excluding diaryl/α,β-unsaturated/α-hetero) is 1. The summed E-state index contributed by atoms with van der Waals surface area (Å²) in [5.41, 5.74) is 12.7. The zero-order chi connectivity index (χ0) is 21.7. The molecular weight excluding hydrogens is 412 g/mol. The summed E-state index contributed by atoms with van der Waals surface area (Å²) in [4.78, 5) is 29.5. The molecule has 8 heteroatoms. The number of benzene rings is 1. The van der Waals surface area contributed by atoms with Crippen LogP contribution in [0.5, 0.6) is 5.75 Å². The summed E-state index contributed by atoms with van der Waals surface area (Å²) < 4.78 is 7.94. The number of hydrogen-bond donors (Lipinski definition) is 0. The molecule has 2 aliphatic carbocycles. The maximum atomic E-state index is 13.1. The van der Waals surface area contributed by atoms with E-state index in [1.165, 1.54) is 11.8 Å². The average Bonchev–Trinajstić information content (AvgIpc) is 3.52. The molecule has 2 heterocycles. The highest BCUT2D eigenvalue weighted by molar-refractivity contribution is 7.10. The van der Waals surface area contributed by atoms with Crippen molar-refractivity contribution in [3.8, 4) is 16.9 Å². The summed E-state index contributed by atoms with van der Waals surface area (Å²) in [5, 5.41) is 6.65. The molecule has 0 saturated heterocycles. The summed E-state index contributed by atoms with van der Waals surface area (Å²) >= 11 is 1.68. The molecule has 0 bridgehead atoms. The Bertz CT molecular complexity index is 1330. The van der Waals surface area contributed by atoms with Gasteiger partial charge in [-0.3, -0.25) is 9.59 Å². The third kappa shape index (κ3) is 3.14. The average molecular weight is 435 g/mol. The lowest BCUT2D eigenvalue weighted by molar-refractivity contribution is 0.101. The monoisotopic (exact) mass is 434 g/mol. The summed E-state index contributed by atoms with van der Waals surface area (Å²) in [7, 11) is 1.61. The quantitative estimate of drug-likeness (QED) is 0.214. The van der Waals surface area contributed by atoms with Crippen LogP contribution in [0.2, 0.25) is 0 Å². The van der Waals surface area contributed by atoms with Gasteiger partial charge >= 0.3 is 0 Å². The molecule has 0 radical (unpaired) electrons. The van der Waals surface area contributed by atoms with Gasteiger partial charge in [0.2, 0.25) is 0 Å². The van der Waals surface area contributed by atoms with Crippen LogP contribution in [0.25, 0.3) is 32.5 Å². The maximum absolute atomic E-state index is 13.1. The van der Waals surface area contributed by atoms with E-state index in [1.54, 1.807) is 30.7 Å². The number of rotatable bonds is 5. The third-order valence-corrected chi connectivity index (χ3v) is 7.34. The Kier molecular flexibility index (Phi) is 4.84. The molecule has 1 atom stereocenters. The molecule has 0 spiro atoms. The van der Waals surface area contributed by atoms with Crippen molar-refractivity contribution in [1.29, 1.82) is 0 Å². The van der Waals surface area contributed by atoms with E-state index < -0.39 is 0 Å². The van der Waals surface area contributed by atoms with E-state index >= 15 is 0 Å². The van der Waals surface area contributed by atoms with Crippen molar-refractivity contribution < 1.29 is 9.53 Å². The number of methoxy groups -OCH3 is 1. The molecule has 7 nitrogen and oxygen atoms in total. The van der Waals surface area contributed by atoms with Crippen molar-refractivity contribution in [2.45, 2.75) is 51.1 Å². The molecule has 5 rings (SSSR count). The van der Waals surface area contributed by atoms with Gasteiger partial charge in [-0.25, -0.2) is 0 Å². The van der Waals surface area contributed by atoms with Gasteiger partial charge in [0.05, 0.1) is 29.6 Å². The van der Waals surface area contributed by atoms with Crippen molar-refractivity contribution in [1.82, 2.24) is 4.57 Å². The van der Waals surface area contributed by atoms with Crippen LogP contribution in [-0.4, -0.2) is 17.5 Å². The van der Waals surface area contributed by atoms with Crippen LogP contribution in [0.4, 0.5) is 0 Å². The van der Waals surface area contributed by atoms with Crippen molar-refractivity contribution in [3.63, 3.8) is 0 Å². The van der Waals surface area contributed by atoms with Crippen LogP contribution in [-0.2, 0) is 6.42 Å². The first kappa shape index (κ1) is 19.8. The van der Waals surface area contributed by atoms with Crippen molar-refractivity contribution in [3.05, 3.63) is 60.4 Å². The Morgan fingerprint density at radius 3 is 2.77 bits per heavy atom. The molecule has 1 unspecified atom stereocenters. The molecule has 0 N–H and O–H groups in total. The first-order chi connectivity index (χ1) is 15.0. The van der Waals surface area contributed by atoms with Crippen molar-refractivity contribution in [2.75, 3.05) is 7.11 Å². The van der Waals surface area contributed by atoms with Gasteiger partial charge < -0.3 is 9.30 Å². The molecule has 158 valence electrons. The number of ether oxygens (including phenoxy) is 1. The first-order valence-corrected chi connectivity index (χ1v) is 11.3. The van der Waals surface area contributed by atoms with Gasteiger partial charge in [-0.2, -0.15) is 0 Å². The minimum absolute atomic E-state index is 0.193. The van der Waals surface area contributed by atoms with Gasteiger partial charge in [0.15, 0.2) is 17.0 Å². The minimum atomic E-state index is -0.261. The number of aryl methyl sites for hydroxylation is 1. The fourth-order valence-electron chi connectivity index (χ4n) is 4.68. The lowest BCUT2D eigenvalue weighted by Crippen LogP contribution is -2.18. The van der Waals surface area contributed by atoms with Gasteiger partial charge in [-0.15, -0.1) is 11.3 Å². The van der Waals surface area contributed by atoms with Crippen LogP contribution >= 0.6 is 11.3 Å². The first-order valence-electron chi connectivity index (χ1n) is 10.5. The van der Waals surface area contributed by atoms with Crippen molar-refractivity contribution >= 4 is 28.0 Å². The van der Waals surface area contributed by atoms with Gasteiger partial charge in [0, 0.05) is 33.2 Å². The topological polar surface area (TPSA) is 97.1 Å². The lowest BCUT2D eigenvalue weighted by Gasteiger charge is -2.22. The van der Waals surface area contributed by atoms with E-state index in [1.807, 2.05) is 10.6 Å². The molecule has 1 fully saturated rings. The Morgan fingerprint density at radius 1 is 1.29 bits per heavy atom. The van der Waals surface area contributed by atoms with E-state index in [2.05, 4.69) is 15.4 Å². The standard InChI is InChI=1S/C23H22N4O3S/c1-12(28)16-10-27(13-6-7-13)21-15(22(16)29)9-8-14(23(21)30-2)17-11-31-19-5-3-4-18(20(17)19)25-26-24/h8-11,13,18H,3-7H2,1-2H3. The van der Waals surface area contributed by atoms with Crippen LogP contribution < -0.4 is 10.2 Å². The Hall–Kier alpha value is -3.09. The van der Waals surface area contributed by atoms with E-state index in [0.717, 1.165) is 54.3 Å². The number of carbonyl (C=O) groups is 1. The normalized spacial score (nSPS) is 17.8. The zero-order valence-electron chi connectivity index (χ0n) is 17.4. The zero-order valence-corrected chi connectivity index (χ0v) is 18.2. The Balaban J connectivity index is 1.82. The summed E-state index contributed by atoms with van der Waals surface area (Å²) in [6.45, 7) is 1.43. The second-order valence-corrected chi connectivity index (χ2v) is 9.17. The molecule has 2 aromatic heterocycles. The smallest absolute Gasteiger partial charge is 0.200 e. The Morgan fingerprint density at radius 2 is 2.10 bits per heavy atom. The highest BCUT2D eigenvalue weighted by Crippen LogP contribution is 2.48. The Labute approximate surface area is 182 Å². The molecule has 2 aliphatic rings. The number of fused-ring (bicyclic) bond motifs is 2. The maximum Gasteiger partial charge on any atom is 0.200 e. The van der Waals surface area contributed by atoms with Gasteiger partial charge in [0.25, 0.3) is 0 Å². The molecule has 0 amide bonds. The van der Waals surface area contributed by atoms with Crippen LogP contribution in [0.3, 0.4) is 0 Å². The minimum Gasteiger partial charge on any atom is -0.494 e. The number of nitrogens with zero attached hydrogens (tertiary/aromatic N) is 4. The van der Waals surface area contributed by atoms with Gasteiger partial charge in [-0.05, 0) is 67.6 Å². The second kappa shape index (κ2) is 7.55. The van der Waals surface area contributed by atoms with E-state index in [9.17, 15) is 9.59 Å². The largest absolute Gasteiger partial charge is 0.494 e. The highest BCUT2D eigenvalue weighted by Gasteiger charge is 2.30. The number of aromatic nitrogens is 1. The highest BCUT2D eigenvalue weighted by atomic mass is 32.1. The molecule has 3 aromatic rings. The number of azide groups is 1. The van der Waals surface area contributed by atoms with E-state index in [-0.39, 0.29) is 28.9 Å². The van der Waals surface area contributed by atoms with Crippen molar-refractivity contribution in [2.24, 2.45) is 5.11 Å². The van der Waals surface area contributed by atoms with E-state index in [4.69, 9.17) is 10.3 Å². The number of hydrogen-bond acceptors (Lipinski definition) is 5. The predicted octanol–water partition coefficient (Wildman–Crippen LogP) is 5.96. The summed E-state index contributed by atoms with van der Waals surface area (Å²) in [6.07, 6.45) is 6.52.